The Labute approximate surface area is 192 Å². The topological polar surface area (TPSA) is 12.5 Å². The van der Waals surface area contributed by atoms with Crippen LogP contribution in [-0.4, -0.2) is 10.9 Å². The van der Waals surface area contributed by atoms with E-state index in [9.17, 15) is 8.96 Å². The highest BCUT2D eigenvalue weighted by Crippen LogP contribution is 2.58. The van der Waals surface area contributed by atoms with Crippen molar-refractivity contribution in [3.63, 3.8) is 0 Å². The number of fused-ring (bicyclic) bond motifs is 9. The summed E-state index contributed by atoms with van der Waals surface area (Å²) in [6.45, 7) is 4.31. The SMILES string of the molecule is CC(C)(C)N(F)F.c1ccc2c(c1)OC1(c3ccccc3-2)c2ccccc2-c2ccccc21. The third kappa shape index (κ3) is 3.33. The van der Waals surface area contributed by atoms with Gasteiger partial charge in [0.1, 0.15) is 5.75 Å². The molecule has 1 spiro atoms. The van der Waals surface area contributed by atoms with Gasteiger partial charge < -0.3 is 4.74 Å². The average Bonchev–Trinajstić information content (AvgIpc) is 3.10. The first-order valence-electron chi connectivity index (χ1n) is 11.0. The average molecular weight is 442 g/mol. The normalized spacial score (nSPS) is 14.4. The lowest BCUT2D eigenvalue weighted by atomic mass is 9.78. The monoisotopic (exact) mass is 441 g/mol. The Kier molecular flexibility index (Phi) is 5.06. The molecule has 0 aromatic heterocycles. The van der Waals surface area contributed by atoms with Crippen LogP contribution in [0.5, 0.6) is 5.75 Å². The second-order valence-corrected chi connectivity index (χ2v) is 9.32. The number of benzene rings is 4. The van der Waals surface area contributed by atoms with Gasteiger partial charge in [0, 0.05) is 27.6 Å². The molecule has 2 nitrogen and oxygen atoms in total. The fourth-order valence-electron chi connectivity index (χ4n) is 4.62. The molecule has 0 saturated carbocycles. The van der Waals surface area contributed by atoms with Gasteiger partial charge in [0.25, 0.3) is 0 Å². The molecule has 0 amide bonds. The highest BCUT2D eigenvalue weighted by molar-refractivity contribution is 5.87. The first kappa shape index (κ1) is 21.4. The van der Waals surface area contributed by atoms with E-state index in [2.05, 4.69) is 91.0 Å². The van der Waals surface area contributed by atoms with E-state index in [0.717, 1.165) is 11.3 Å². The lowest BCUT2D eigenvalue weighted by Crippen LogP contribution is -2.36. The van der Waals surface area contributed by atoms with Crippen LogP contribution < -0.4 is 4.74 Å². The largest absolute Gasteiger partial charge is 0.472 e. The molecule has 0 unspecified atom stereocenters. The van der Waals surface area contributed by atoms with Gasteiger partial charge in [-0.1, -0.05) is 91.0 Å². The number of hydrogen-bond acceptors (Lipinski definition) is 2. The third-order valence-electron chi connectivity index (χ3n) is 6.16. The zero-order chi connectivity index (χ0) is 23.2. The van der Waals surface area contributed by atoms with Crippen molar-refractivity contribution in [1.29, 1.82) is 0 Å². The van der Waals surface area contributed by atoms with Gasteiger partial charge in [0.15, 0.2) is 5.60 Å². The molecule has 4 heteroatoms. The van der Waals surface area contributed by atoms with Crippen molar-refractivity contribution >= 4 is 0 Å². The Morgan fingerprint density at radius 2 is 0.909 bits per heavy atom. The van der Waals surface area contributed by atoms with Gasteiger partial charge in [-0.05, 0) is 43.5 Å². The second kappa shape index (κ2) is 7.82. The number of ether oxygens (including phenoxy) is 1. The summed E-state index contributed by atoms with van der Waals surface area (Å²) in [6.07, 6.45) is 0. The van der Waals surface area contributed by atoms with Gasteiger partial charge in [0.2, 0.25) is 0 Å². The molecule has 2 aliphatic rings. The number of para-hydroxylation sites is 1. The molecule has 33 heavy (non-hydrogen) atoms. The van der Waals surface area contributed by atoms with Gasteiger partial charge in [0.05, 0.1) is 5.54 Å². The maximum absolute atomic E-state index is 11.4. The highest BCUT2D eigenvalue weighted by atomic mass is 19.4. The Hall–Kier alpha value is -3.50. The molecule has 4 aromatic rings. The summed E-state index contributed by atoms with van der Waals surface area (Å²) in [5.74, 6) is 0.942. The lowest BCUT2D eigenvalue weighted by Gasteiger charge is -2.39. The van der Waals surface area contributed by atoms with E-state index < -0.39 is 16.5 Å². The minimum atomic E-state index is -1.00. The predicted molar refractivity (Wildman–Crippen MR) is 128 cm³/mol. The molecule has 0 radical (unpaired) electrons. The molecule has 1 aliphatic heterocycles. The maximum atomic E-state index is 11.4. The van der Waals surface area contributed by atoms with E-state index >= 15 is 0 Å². The third-order valence-corrected chi connectivity index (χ3v) is 6.16. The summed E-state index contributed by atoms with van der Waals surface area (Å²) in [5.41, 5.74) is 7.02. The first-order chi connectivity index (χ1) is 15.8. The maximum Gasteiger partial charge on any atom is 0.186 e. The molecular weight excluding hydrogens is 416 g/mol. The molecule has 6 rings (SSSR count). The fraction of sp³-hybridized carbons (Fsp3) is 0.172. The number of nitrogens with zero attached hydrogens (tertiary/aromatic N) is 1. The lowest BCUT2D eigenvalue weighted by molar-refractivity contribution is -0.214. The van der Waals surface area contributed by atoms with Crippen LogP contribution in [0.2, 0.25) is 0 Å². The smallest absolute Gasteiger partial charge is 0.186 e. The van der Waals surface area contributed by atoms with Gasteiger partial charge >= 0.3 is 0 Å². The number of hydrogen-bond donors (Lipinski definition) is 0. The standard InChI is InChI=1S/C25H16O.C4H9F2N/c1-5-13-21-17(9-1)18-10-2-6-14-22(18)25(21)23-15-7-3-11-19(23)20-12-4-8-16-24(20)26-25;1-4(2,3)7(5)6/h1-16H;1-3H3. The zero-order valence-electron chi connectivity index (χ0n) is 18.8. The fourth-order valence-corrected chi connectivity index (χ4v) is 4.62. The van der Waals surface area contributed by atoms with Crippen LogP contribution in [0.4, 0.5) is 8.96 Å². The zero-order valence-corrected chi connectivity index (χ0v) is 18.8. The Morgan fingerprint density at radius 3 is 1.33 bits per heavy atom. The van der Waals surface area contributed by atoms with Gasteiger partial charge in [-0.2, -0.15) is 0 Å². The molecular formula is C29H25F2NO. The summed E-state index contributed by atoms with van der Waals surface area (Å²) < 4.78 is 29.6. The molecule has 1 heterocycles. The van der Waals surface area contributed by atoms with Crippen LogP contribution in [0, 0.1) is 0 Å². The van der Waals surface area contributed by atoms with Crippen molar-refractivity contribution in [3.8, 4) is 28.0 Å². The number of halogens is 2. The quantitative estimate of drug-likeness (QED) is 0.257. The van der Waals surface area contributed by atoms with Crippen LogP contribution in [0.25, 0.3) is 22.3 Å². The molecule has 166 valence electrons. The molecule has 1 aliphatic carbocycles. The van der Waals surface area contributed by atoms with Gasteiger partial charge in [-0.3, -0.25) is 0 Å². The Bertz CT molecular complexity index is 1280. The van der Waals surface area contributed by atoms with Crippen molar-refractivity contribution in [1.82, 2.24) is 5.34 Å². The Balaban J connectivity index is 0.000000287. The Morgan fingerprint density at radius 1 is 0.576 bits per heavy atom. The van der Waals surface area contributed by atoms with Crippen LogP contribution >= 0.6 is 0 Å². The number of rotatable bonds is 0. The predicted octanol–water partition coefficient (Wildman–Crippen LogP) is 7.87. The van der Waals surface area contributed by atoms with Crippen LogP contribution in [0.3, 0.4) is 0 Å². The van der Waals surface area contributed by atoms with Gasteiger partial charge in [-0.15, -0.1) is 8.96 Å². The van der Waals surface area contributed by atoms with Gasteiger partial charge in [-0.25, -0.2) is 0 Å². The summed E-state index contributed by atoms with van der Waals surface area (Å²) in [6, 6.07) is 34.3. The molecule has 0 saturated heterocycles. The van der Waals surface area contributed by atoms with E-state index in [1.165, 1.54) is 54.2 Å². The molecule has 0 N–H and O–H groups in total. The van der Waals surface area contributed by atoms with Crippen molar-refractivity contribution in [2.45, 2.75) is 31.9 Å². The van der Waals surface area contributed by atoms with E-state index in [0.29, 0.717) is 0 Å². The van der Waals surface area contributed by atoms with E-state index in [4.69, 9.17) is 4.74 Å². The van der Waals surface area contributed by atoms with Crippen LogP contribution in [-0.2, 0) is 5.60 Å². The summed E-state index contributed by atoms with van der Waals surface area (Å²) in [4.78, 5) is 0. The second-order valence-electron chi connectivity index (χ2n) is 9.32. The highest BCUT2D eigenvalue weighted by Gasteiger charge is 2.50. The molecule has 0 bridgehead atoms. The minimum Gasteiger partial charge on any atom is -0.472 e. The summed E-state index contributed by atoms with van der Waals surface area (Å²) >= 11 is 0. The van der Waals surface area contributed by atoms with Crippen LogP contribution in [0.1, 0.15) is 37.5 Å². The van der Waals surface area contributed by atoms with Crippen molar-refractivity contribution < 1.29 is 13.7 Å². The van der Waals surface area contributed by atoms with Crippen LogP contribution in [0.15, 0.2) is 97.1 Å². The molecule has 0 fully saturated rings. The summed E-state index contributed by atoms with van der Waals surface area (Å²) in [7, 11) is 0. The van der Waals surface area contributed by atoms with E-state index in [-0.39, 0.29) is 0 Å². The first-order valence-corrected chi connectivity index (χ1v) is 11.0. The van der Waals surface area contributed by atoms with Crippen molar-refractivity contribution in [3.05, 3.63) is 114 Å². The van der Waals surface area contributed by atoms with E-state index in [1.807, 2.05) is 6.07 Å². The van der Waals surface area contributed by atoms with Crippen molar-refractivity contribution in [2.75, 3.05) is 0 Å². The molecule has 4 aromatic carbocycles. The summed E-state index contributed by atoms with van der Waals surface area (Å²) in [5, 5.41) is -0.812. The molecule has 0 atom stereocenters. The van der Waals surface area contributed by atoms with E-state index in [1.54, 1.807) is 0 Å². The minimum absolute atomic E-state index is 0.585. The van der Waals surface area contributed by atoms with Crippen molar-refractivity contribution in [2.24, 2.45) is 0 Å².